The Bertz CT molecular complexity index is 742. The van der Waals surface area contributed by atoms with E-state index in [1.165, 1.54) is 12.8 Å². The van der Waals surface area contributed by atoms with E-state index >= 15 is 0 Å². The monoisotopic (exact) mass is 339 g/mol. The number of likely N-dealkylation sites (tertiary alicyclic amines) is 1. The fourth-order valence-corrected chi connectivity index (χ4v) is 4.12. The van der Waals surface area contributed by atoms with Crippen LogP contribution in [0.4, 0.5) is 0 Å². The van der Waals surface area contributed by atoms with Crippen molar-refractivity contribution in [1.82, 2.24) is 24.4 Å². The van der Waals surface area contributed by atoms with Crippen LogP contribution in [0.5, 0.6) is 0 Å². The summed E-state index contributed by atoms with van der Waals surface area (Å²) in [6, 6.07) is 0. The predicted octanol–water partition coefficient (Wildman–Crippen LogP) is 2.77. The normalized spacial score (nSPS) is 19.5. The number of nitrogens with zero attached hydrogens (tertiary/aromatic N) is 5. The Balaban J connectivity index is 1.42. The Labute approximate surface area is 148 Å². The molecule has 0 unspecified atom stereocenters. The van der Waals surface area contributed by atoms with E-state index in [4.69, 9.17) is 4.98 Å². The number of aryl methyl sites for hydroxylation is 1. The highest BCUT2D eigenvalue weighted by molar-refractivity contribution is 5.79. The van der Waals surface area contributed by atoms with E-state index in [1.807, 2.05) is 24.0 Å². The number of hydrogen-bond donors (Lipinski definition) is 0. The van der Waals surface area contributed by atoms with Crippen molar-refractivity contribution in [2.45, 2.75) is 44.4 Å². The lowest BCUT2D eigenvalue weighted by atomic mass is 9.92. The van der Waals surface area contributed by atoms with Gasteiger partial charge in [-0.3, -0.25) is 9.78 Å². The summed E-state index contributed by atoms with van der Waals surface area (Å²) in [7, 11) is 1.96. The summed E-state index contributed by atoms with van der Waals surface area (Å²) in [6.45, 7) is 1.68. The number of aromatic nitrogens is 4. The van der Waals surface area contributed by atoms with E-state index in [-0.39, 0.29) is 5.92 Å². The molecule has 25 heavy (non-hydrogen) atoms. The van der Waals surface area contributed by atoms with Crippen molar-refractivity contribution in [1.29, 1.82) is 0 Å². The Kier molecular flexibility index (Phi) is 4.51. The van der Waals surface area contributed by atoms with E-state index in [1.54, 1.807) is 12.4 Å². The van der Waals surface area contributed by atoms with Gasteiger partial charge in [-0.2, -0.15) is 0 Å². The number of carbonyl (C=O) groups is 1. The van der Waals surface area contributed by atoms with Gasteiger partial charge in [-0.15, -0.1) is 0 Å². The molecule has 2 aromatic rings. The van der Waals surface area contributed by atoms with Crippen LogP contribution < -0.4 is 0 Å². The number of imidazole rings is 1. The first-order valence-corrected chi connectivity index (χ1v) is 9.31. The van der Waals surface area contributed by atoms with E-state index in [0.717, 1.165) is 56.0 Å². The van der Waals surface area contributed by atoms with Gasteiger partial charge < -0.3 is 9.47 Å². The van der Waals surface area contributed by atoms with Gasteiger partial charge in [0.15, 0.2) is 5.82 Å². The van der Waals surface area contributed by atoms with Crippen LogP contribution in [-0.2, 0) is 11.8 Å². The molecule has 0 N–H and O–H groups in total. The number of piperidine rings is 1. The zero-order valence-corrected chi connectivity index (χ0v) is 14.8. The quantitative estimate of drug-likeness (QED) is 0.862. The van der Waals surface area contributed by atoms with Crippen molar-refractivity contribution < 1.29 is 4.79 Å². The highest BCUT2D eigenvalue weighted by Gasteiger charge is 2.30. The maximum atomic E-state index is 12.6. The van der Waals surface area contributed by atoms with Crippen molar-refractivity contribution in [3.63, 3.8) is 0 Å². The van der Waals surface area contributed by atoms with Gasteiger partial charge in [-0.05, 0) is 25.7 Å². The molecule has 2 fully saturated rings. The van der Waals surface area contributed by atoms with Crippen LogP contribution in [0, 0.1) is 5.92 Å². The van der Waals surface area contributed by atoms with Gasteiger partial charge in [0.1, 0.15) is 5.69 Å². The first-order valence-electron chi connectivity index (χ1n) is 9.31. The molecule has 0 spiro atoms. The minimum absolute atomic E-state index is 0.281. The van der Waals surface area contributed by atoms with Crippen LogP contribution in [0.2, 0.25) is 0 Å². The van der Waals surface area contributed by atoms with E-state index in [9.17, 15) is 4.79 Å². The van der Waals surface area contributed by atoms with Crippen LogP contribution in [0.1, 0.15) is 50.1 Å². The molecule has 2 aliphatic rings. The molecule has 1 saturated heterocycles. The molecule has 0 aromatic carbocycles. The summed E-state index contributed by atoms with van der Waals surface area (Å²) in [4.78, 5) is 28.2. The molecule has 3 heterocycles. The lowest BCUT2D eigenvalue weighted by molar-refractivity contribution is -0.136. The second kappa shape index (κ2) is 6.94. The third-order valence-corrected chi connectivity index (χ3v) is 5.63. The van der Waals surface area contributed by atoms with E-state index < -0.39 is 0 Å². The number of rotatable bonds is 3. The minimum Gasteiger partial charge on any atom is -0.342 e. The number of hydrogen-bond acceptors (Lipinski definition) is 4. The standard InChI is InChI=1S/C19H25N5O/c1-23-11-8-21-18(23)17-13-20-12-16(22-17)14-6-9-24(10-7-14)19(25)15-4-2-3-5-15/h8,11-15H,2-7,9-10H2,1H3. The maximum Gasteiger partial charge on any atom is 0.225 e. The molecular weight excluding hydrogens is 314 g/mol. The fraction of sp³-hybridized carbons (Fsp3) is 0.579. The van der Waals surface area contributed by atoms with Crippen LogP contribution >= 0.6 is 0 Å². The fourth-order valence-electron chi connectivity index (χ4n) is 4.12. The van der Waals surface area contributed by atoms with Crippen molar-refractivity contribution in [3.8, 4) is 11.5 Å². The second-order valence-corrected chi connectivity index (χ2v) is 7.27. The molecule has 0 atom stereocenters. The highest BCUT2D eigenvalue weighted by atomic mass is 16.2. The number of amides is 1. The summed E-state index contributed by atoms with van der Waals surface area (Å²) < 4.78 is 1.96. The van der Waals surface area contributed by atoms with Gasteiger partial charge >= 0.3 is 0 Å². The van der Waals surface area contributed by atoms with Gasteiger partial charge in [0, 0.05) is 50.6 Å². The molecule has 1 amide bonds. The summed E-state index contributed by atoms with van der Waals surface area (Å²) in [5.74, 6) is 1.87. The minimum atomic E-state index is 0.281. The summed E-state index contributed by atoms with van der Waals surface area (Å²) >= 11 is 0. The molecule has 132 valence electrons. The van der Waals surface area contributed by atoms with E-state index in [0.29, 0.717) is 11.8 Å². The van der Waals surface area contributed by atoms with Gasteiger partial charge in [0.05, 0.1) is 11.9 Å². The molecule has 2 aromatic heterocycles. The van der Waals surface area contributed by atoms with Crippen molar-refractivity contribution in [3.05, 3.63) is 30.5 Å². The molecule has 0 bridgehead atoms. The third kappa shape index (κ3) is 3.30. The predicted molar refractivity (Wildman–Crippen MR) is 94.7 cm³/mol. The van der Waals surface area contributed by atoms with Crippen LogP contribution in [0.15, 0.2) is 24.8 Å². The lowest BCUT2D eigenvalue weighted by Crippen LogP contribution is -2.40. The van der Waals surface area contributed by atoms with Crippen LogP contribution in [0.3, 0.4) is 0 Å². The molecule has 1 saturated carbocycles. The smallest absolute Gasteiger partial charge is 0.225 e. The lowest BCUT2D eigenvalue weighted by Gasteiger charge is -2.33. The maximum absolute atomic E-state index is 12.6. The Hall–Kier alpha value is -2.24. The van der Waals surface area contributed by atoms with Gasteiger partial charge in [-0.1, -0.05) is 12.8 Å². The molecule has 0 radical (unpaired) electrons. The van der Waals surface area contributed by atoms with Gasteiger partial charge in [0.25, 0.3) is 0 Å². The van der Waals surface area contributed by atoms with Crippen molar-refractivity contribution >= 4 is 5.91 Å². The zero-order chi connectivity index (χ0) is 17.2. The SMILES string of the molecule is Cn1ccnc1-c1cncc(C2CCN(C(=O)C3CCCC3)CC2)n1. The molecular formula is C19H25N5O. The molecule has 1 aliphatic heterocycles. The Morgan fingerprint density at radius 1 is 1.12 bits per heavy atom. The van der Waals surface area contributed by atoms with E-state index in [2.05, 4.69) is 14.9 Å². The van der Waals surface area contributed by atoms with Gasteiger partial charge in [-0.25, -0.2) is 9.97 Å². The van der Waals surface area contributed by atoms with Gasteiger partial charge in [0.2, 0.25) is 5.91 Å². The number of carbonyl (C=O) groups excluding carboxylic acids is 1. The first kappa shape index (κ1) is 16.2. The van der Waals surface area contributed by atoms with Crippen molar-refractivity contribution in [2.75, 3.05) is 13.1 Å². The molecule has 6 nitrogen and oxygen atoms in total. The topological polar surface area (TPSA) is 63.9 Å². The molecule has 6 heteroatoms. The first-order chi connectivity index (χ1) is 12.2. The average molecular weight is 339 g/mol. The zero-order valence-electron chi connectivity index (χ0n) is 14.8. The second-order valence-electron chi connectivity index (χ2n) is 7.27. The van der Waals surface area contributed by atoms with Crippen molar-refractivity contribution in [2.24, 2.45) is 13.0 Å². The summed E-state index contributed by atoms with van der Waals surface area (Å²) in [5, 5.41) is 0. The third-order valence-electron chi connectivity index (χ3n) is 5.63. The summed E-state index contributed by atoms with van der Waals surface area (Å²) in [5.41, 5.74) is 1.84. The van der Waals surface area contributed by atoms with Crippen LogP contribution in [0.25, 0.3) is 11.5 Å². The largest absolute Gasteiger partial charge is 0.342 e. The molecule has 1 aliphatic carbocycles. The molecule has 4 rings (SSSR count). The van der Waals surface area contributed by atoms with Crippen LogP contribution in [-0.4, -0.2) is 43.4 Å². The summed E-state index contributed by atoms with van der Waals surface area (Å²) in [6.07, 6.45) is 13.8. The highest BCUT2D eigenvalue weighted by Crippen LogP contribution is 2.31. The Morgan fingerprint density at radius 3 is 2.56 bits per heavy atom. The average Bonchev–Trinajstić information content (AvgIpc) is 3.33. The Morgan fingerprint density at radius 2 is 1.88 bits per heavy atom.